The Balaban J connectivity index is 1.17. The Bertz CT molecular complexity index is 3400. The normalized spacial score (nSPS) is 14.1. The third kappa shape index (κ3) is 15.3. The van der Waals surface area contributed by atoms with E-state index in [1.165, 1.54) is 36.4 Å². The fourth-order valence-corrected chi connectivity index (χ4v) is 12.8. The van der Waals surface area contributed by atoms with E-state index in [9.17, 15) is 86.4 Å². The molecular formula is C53H46F12O12S4. The molecule has 0 fully saturated rings. The number of hydrogen-bond donors (Lipinski definition) is 0. The molecule has 0 atom stereocenters. The lowest BCUT2D eigenvalue weighted by Crippen LogP contribution is -2.26. The molecule has 0 saturated carbocycles. The monoisotopic (exact) mass is 1230 g/mol. The van der Waals surface area contributed by atoms with E-state index < -0.39 is 112 Å². The quantitative estimate of drug-likeness (QED) is 0.0319. The van der Waals surface area contributed by atoms with E-state index in [1.54, 1.807) is 0 Å². The van der Waals surface area contributed by atoms with E-state index in [4.69, 9.17) is 16.7 Å². The van der Waals surface area contributed by atoms with Gasteiger partial charge in [0.25, 0.3) is 20.2 Å². The van der Waals surface area contributed by atoms with Gasteiger partial charge in [0.2, 0.25) is 0 Å². The summed E-state index contributed by atoms with van der Waals surface area (Å²) in [4.78, 5) is -2.29. The second-order valence-corrected chi connectivity index (χ2v) is 24.9. The molecule has 12 nitrogen and oxygen atoms in total. The smallest absolute Gasteiger partial charge is 0.379 e. The van der Waals surface area contributed by atoms with Crippen molar-refractivity contribution in [3.63, 3.8) is 0 Å². The maximum absolute atomic E-state index is 13.6. The van der Waals surface area contributed by atoms with Crippen LogP contribution in [0.4, 0.5) is 52.7 Å². The molecule has 0 N–H and O–H groups in total. The molecule has 0 radical (unpaired) electrons. The van der Waals surface area contributed by atoms with E-state index in [1.807, 2.05) is 0 Å². The van der Waals surface area contributed by atoms with Crippen LogP contribution in [0.3, 0.4) is 0 Å². The van der Waals surface area contributed by atoms with Gasteiger partial charge in [-0.05, 0) is 169 Å². The molecule has 0 unspecified atom stereocenters. The van der Waals surface area contributed by atoms with Gasteiger partial charge in [0.05, 0.1) is 45.3 Å². The van der Waals surface area contributed by atoms with E-state index in [0.29, 0.717) is 134 Å². The Labute approximate surface area is 458 Å². The first-order valence-electron chi connectivity index (χ1n) is 24.3. The molecule has 0 heterocycles. The van der Waals surface area contributed by atoms with Crippen LogP contribution in [0.1, 0.15) is 97.6 Å². The predicted molar refractivity (Wildman–Crippen MR) is 267 cm³/mol. The topological polar surface area (TPSA) is 173 Å². The van der Waals surface area contributed by atoms with Crippen LogP contribution < -0.4 is 8.37 Å². The van der Waals surface area contributed by atoms with Gasteiger partial charge in [-0.1, -0.05) is 50.7 Å². The summed E-state index contributed by atoms with van der Waals surface area (Å²) < 4.78 is 285. The summed E-state index contributed by atoms with van der Waals surface area (Å²) in [6.45, 7) is -0.755. The fraction of sp³-hybridized carbons (Fsp3) is 0.321. The van der Waals surface area contributed by atoms with Crippen LogP contribution in [0.5, 0.6) is 11.5 Å². The number of unbranched alkanes of at least 4 members (excludes halogenated alkanes) is 6. The van der Waals surface area contributed by atoms with Crippen molar-refractivity contribution >= 4 is 40.5 Å². The molecule has 6 aromatic carbocycles. The van der Waals surface area contributed by atoms with Crippen molar-refractivity contribution < 1.29 is 103 Å². The van der Waals surface area contributed by atoms with E-state index >= 15 is 0 Å². The molecule has 1 aliphatic rings. The summed E-state index contributed by atoms with van der Waals surface area (Å²) in [6, 6.07) is 18.7. The van der Waals surface area contributed by atoms with Crippen LogP contribution in [0, 0.1) is 0 Å². The third-order valence-electron chi connectivity index (χ3n) is 13.1. The lowest BCUT2D eigenvalue weighted by molar-refractivity contribution is -0.138. The highest BCUT2D eigenvalue weighted by atomic mass is 32.2. The van der Waals surface area contributed by atoms with Crippen LogP contribution in [0.25, 0.3) is 11.1 Å². The van der Waals surface area contributed by atoms with Gasteiger partial charge < -0.3 is 8.37 Å². The van der Waals surface area contributed by atoms with Crippen molar-refractivity contribution in [2.24, 2.45) is 0 Å². The summed E-state index contributed by atoms with van der Waals surface area (Å²) in [5.74, 6) is -0.602. The zero-order valence-electron chi connectivity index (χ0n) is 41.8. The Morgan fingerprint density at radius 2 is 0.580 bits per heavy atom. The first kappa shape index (κ1) is 62.4. The second kappa shape index (κ2) is 23.9. The van der Waals surface area contributed by atoms with Crippen LogP contribution >= 0.6 is 0 Å². The maximum atomic E-state index is 13.6. The highest BCUT2D eigenvalue weighted by molar-refractivity contribution is 7.87. The molecule has 0 bridgehead atoms. The van der Waals surface area contributed by atoms with Crippen molar-refractivity contribution in [2.75, 3.05) is 13.2 Å². The maximum Gasteiger partial charge on any atom is 0.416 e. The first-order chi connectivity index (χ1) is 37.6. The van der Waals surface area contributed by atoms with Crippen molar-refractivity contribution in [3.8, 4) is 22.6 Å². The van der Waals surface area contributed by atoms with Gasteiger partial charge in [-0.3, -0.25) is 8.37 Å². The fourth-order valence-electron chi connectivity index (χ4n) is 9.05. The molecule has 6 aromatic rings. The predicted octanol–water partition coefficient (Wildman–Crippen LogP) is 14.3. The highest BCUT2D eigenvalue weighted by Crippen LogP contribution is 2.56. The van der Waals surface area contributed by atoms with E-state index in [-0.39, 0.29) is 50.4 Å². The SMILES string of the molecule is O=S(=O)(OCCCCCCC1(CCCCCCOS(=O)(=O)c2ccc(C(F)(F)F)cc2)c2cc(OS(=O)(=O)c3ccc(C(F)(F)F)cc3)ccc2-c2ccc(OS(=O)(=O)c3ccc(C(F)(F)F)cc3)cc21)c1ccc(C(F)(F)F)cc1. The molecule has 0 spiro atoms. The number of hydrogen-bond acceptors (Lipinski definition) is 12. The standard InChI is InChI=1S/C53H46F12O12S4/c54-50(55,56)35-9-19-41(20-10-35)78(66,67)74-31-7-3-1-5-29-49(30-6-2-4-8-32-75-79(68,69)42-21-11-36(12-22-42)51(57,58)59)47-33-39(76-80(70,71)43-23-13-37(14-24-43)52(60,61)62)17-27-45(47)46-28-18-40(34-48(46)49)77-81(72,73)44-25-15-38(16-26-44)53(63,64)65/h9-28,33-34H,1-8,29-32H2. The molecular weight excluding hydrogens is 1180 g/mol. The van der Waals surface area contributed by atoms with Crippen LogP contribution in [0.15, 0.2) is 153 Å². The van der Waals surface area contributed by atoms with Crippen molar-refractivity contribution in [3.05, 3.63) is 167 Å². The molecule has 0 aromatic heterocycles. The van der Waals surface area contributed by atoms with Crippen LogP contribution in [-0.4, -0.2) is 46.9 Å². The molecule has 0 aliphatic heterocycles. The number of halogens is 12. The van der Waals surface area contributed by atoms with Gasteiger partial charge in [-0.25, -0.2) is 0 Å². The largest absolute Gasteiger partial charge is 0.416 e. The lowest BCUT2D eigenvalue weighted by atomic mass is 9.70. The van der Waals surface area contributed by atoms with Crippen LogP contribution in [0.2, 0.25) is 0 Å². The molecule has 28 heteroatoms. The molecule has 438 valence electrons. The molecule has 7 rings (SSSR count). The number of fused-ring (bicyclic) bond motifs is 3. The second-order valence-electron chi connectivity index (χ2n) is 18.5. The van der Waals surface area contributed by atoms with Gasteiger partial charge >= 0.3 is 44.9 Å². The van der Waals surface area contributed by atoms with Crippen molar-refractivity contribution in [1.82, 2.24) is 0 Å². The Kier molecular flexibility index (Phi) is 18.4. The summed E-state index contributed by atoms with van der Waals surface area (Å²) in [7, 11) is -18.6. The molecule has 0 amide bonds. The van der Waals surface area contributed by atoms with Crippen LogP contribution in [-0.2, 0) is 79.0 Å². The summed E-state index contributed by atoms with van der Waals surface area (Å²) >= 11 is 0. The molecule has 1 aliphatic carbocycles. The van der Waals surface area contributed by atoms with Gasteiger partial charge in [0, 0.05) is 5.41 Å². The number of alkyl halides is 12. The van der Waals surface area contributed by atoms with Gasteiger partial charge in [0.15, 0.2) is 0 Å². The minimum atomic E-state index is -4.81. The van der Waals surface area contributed by atoms with Crippen molar-refractivity contribution in [1.29, 1.82) is 0 Å². The third-order valence-corrected chi connectivity index (χ3v) is 18.2. The average molecular weight is 1230 g/mol. The van der Waals surface area contributed by atoms with Gasteiger partial charge in [-0.2, -0.15) is 86.4 Å². The lowest BCUT2D eigenvalue weighted by Gasteiger charge is -2.33. The summed E-state index contributed by atoms with van der Waals surface area (Å²) in [5, 5.41) is 0. The molecule has 81 heavy (non-hydrogen) atoms. The Morgan fingerprint density at radius 1 is 0.321 bits per heavy atom. The van der Waals surface area contributed by atoms with Crippen molar-refractivity contribution in [2.45, 2.75) is 114 Å². The highest BCUT2D eigenvalue weighted by Gasteiger charge is 2.44. The Morgan fingerprint density at radius 3 is 0.852 bits per heavy atom. The Hall–Kier alpha value is -6.20. The average Bonchev–Trinajstić information content (AvgIpc) is 3.62. The van der Waals surface area contributed by atoms with Gasteiger partial charge in [-0.15, -0.1) is 0 Å². The van der Waals surface area contributed by atoms with Gasteiger partial charge in [0.1, 0.15) is 21.3 Å². The summed E-state index contributed by atoms with van der Waals surface area (Å²) in [6.07, 6.45) is -16.6. The zero-order chi connectivity index (χ0) is 59.5. The van der Waals surface area contributed by atoms with E-state index in [2.05, 4.69) is 0 Å². The molecule has 0 saturated heterocycles. The first-order valence-corrected chi connectivity index (χ1v) is 29.9. The zero-order valence-corrected chi connectivity index (χ0v) is 45.0. The number of rotatable bonds is 24. The minimum Gasteiger partial charge on any atom is -0.379 e. The number of benzene rings is 6. The summed E-state index contributed by atoms with van der Waals surface area (Å²) in [5.41, 5.74) is -3.88. The minimum absolute atomic E-state index is 0.121. The van der Waals surface area contributed by atoms with E-state index in [0.717, 1.165) is 24.3 Å².